The lowest BCUT2D eigenvalue weighted by atomic mass is 9.96. The van der Waals surface area contributed by atoms with Crippen LogP contribution in [-0.2, 0) is 16.4 Å². The summed E-state index contributed by atoms with van der Waals surface area (Å²) < 4.78 is 27.5. The van der Waals surface area contributed by atoms with E-state index < -0.39 is 10.0 Å². The van der Waals surface area contributed by atoms with Gasteiger partial charge >= 0.3 is 0 Å². The molecule has 1 aromatic rings. The van der Waals surface area contributed by atoms with Gasteiger partial charge in [-0.1, -0.05) is 45.2 Å². The topological polar surface area (TPSA) is 46.2 Å². The molecule has 1 saturated carbocycles. The van der Waals surface area contributed by atoms with E-state index in [2.05, 4.69) is 18.6 Å². The number of rotatable bonds is 5. The van der Waals surface area contributed by atoms with Crippen molar-refractivity contribution >= 4 is 10.0 Å². The summed E-state index contributed by atoms with van der Waals surface area (Å²) in [6, 6.07) is 7.42. The lowest BCUT2D eigenvalue weighted by molar-refractivity contribution is 0.412. The van der Waals surface area contributed by atoms with E-state index in [1.807, 2.05) is 12.1 Å². The fraction of sp³-hybridized carbons (Fsp3) is 0.625. The molecule has 3 nitrogen and oxygen atoms in total. The highest BCUT2D eigenvalue weighted by Gasteiger charge is 2.21. The fourth-order valence-electron chi connectivity index (χ4n) is 2.78. The molecule has 1 fully saturated rings. The highest BCUT2D eigenvalue weighted by Crippen LogP contribution is 2.20. The molecular formula is C16H25NO2S. The highest BCUT2D eigenvalue weighted by molar-refractivity contribution is 7.89. The van der Waals surface area contributed by atoms with Gasteiger partial charge in [0, 0.05) is 6.04 Å². The van der Waals surface area contributed by atoms with Crippen LogP contribution in [0.4, 0.5) is 0 Å². The van der Waals surface area contributed by atoms with E-state index in [1.54, 1.807) is 12.1 Å². The molecule has 0 bridgehead atoms. The van der Waals surface area contributed by atoms with Crippen molar-refractivity contribution in [3.8, 4) is 0 Å². The molecule has 1 aliphatic rings. The van der Waals surface area contributed by atoms with Crippen LogP contribution in [0.3, 0.4) is 0 Å². The standard InChI is InChI=1S/C16H25NO2S/c1-13(2)12-14-8-10-16(11-9-14)20(18,19)17-15-6-4-3-5-7-15/h8-11,13,15,17H,3-7,12H2,1-2H3. The summed E-state index contributed by atoms with van der Waals surface area (Å²) in [7, 11) is -3.36. The van der Waals surface area contributed by atoms with Gasteiger partial charge in [-0.3, -0.25) is 0 Å². The normalized spacial score (nSPS) is 17.6. The Morgan fingerprint density at radius 2 is 1.70 bits per heavy atom. The van der Waals surface area contributed by atoms with Crippen molar-refractivity contribution in [1.29, 1.82) is 0 Å². The van der Waals surface area contributed by atoms with Gasteiger partial charge < -0.3 is 0 Å². The molecule has 0 amide bonds. The van der Waals surface area contributed by atoms with Crippen LogP contribution in [-0.4, -0.2) is 14.5 Å². The van der Waals surface area contributed by atoms with E-state index in [9.17, 15) is 8.42 Å². The quantitative estimate of drug-likeness (QED) is 0.903. The van der Waals surface area contributed by atoms with Crippen molar-refractivity contribution < 1.29 is 8.42 Å². The predicted octanol–water partition coefficient (Wildman–Crippen LogP) is 3.50. The zero-order valence-electron chi connectivity index (χ0n) is 12.4. The molecule has 1 aromatic carbocycles. The van der Waals surface area contributed by atoms with Crippen LogP contribution in [0.15, 0.2) is 29.2 Å². The maximum absolute atomic E-state index is 12.3. The minimum Gasteiger partial charge on any atom is -0.208 e. The Labute approximate surface area is 122 Å². The molecule has 0 spiro atoms. The van der Waals surface area contributed by atoms with Gasteiger partial charge in [-0.15, -0.1) is 0 Å². The second-order valence-corrected chi connectivity index (χ2v) is 7.91. The molecule has 0 radical (unpaired) electrons. The molecule has 0 aromatic heterocycles. The average molecular weight is 295 g/mol. The van der Waals surface area contributed by atoms with E-state index in [0.717, 1.165) is 32.1 Å². The summed E-state index contributed by atoms with van der Waals surface area (Å²) in [5.74, 6) is 0.581. The van der Waals surface area contributed by atoms with Gasteiger partial charge in [0.05, 0.1) is 4.90 Å². The van der Waals surface area contributed by atoms with Gasteiger partial charge in [0.25, 0.3) is 0 Å². The first kappa shape index (κ1) is 15.5. The minimum absolute atomic E-state index is 0.115. The fourth-order valence-corrected chi connectivity index (χ4v) is 4.09. The van der Waals surface area contributed by atoms with Crippen molar-refractivity contribution in [2.75, 3.05) is 0 Å². The summed E-state index contributed by atoms with van der Waals surface area (Å²) in [6.45, 7) is 4.32. The van der Waals surface area contributed by atoms with E-state index in [1.165, 1.54) is 12.0 Å². The zero-order valence-corrected chi connectivity index (χ0v) is 13.2. The molecule has 112 valence electrons. The summed E-state index contributed by atoms with van der Waals surface area (Å²) in [5, 5.41) is 0. The maximum atomic E-state index is 12.3. The lowest BCUT2D eigenvalue weighted by Crippen LogP contribution is -2.36. The molecule has 0 atom stereocenters. The molecule has 0 unspecified atom stereocenters. The Balaban J connectivity index is 2.04. The Kier molecular flexibility index (Phi) is 5.22. The summed E-state index contributed by atoms with van der Waals surface area (Å²) in [6.07, 6.45) is 6.38. The first-order chi connectivity index (χ1) is 9.47. The molecular weight excluding hydrogens is 270 g/mol. The van der Waals surface area contributed by atoms with Crippen molar-refractivity contribution in [2.45, 2.75) is 63.3 Å². The van der Waals surface area contributed by atoms with Gasteiger partial charge in [0.1, 0.15) is 0 Å². The summed E-state index contributed by atoms with van der Waals surface area (Å²) >= 11 is 0. The third-order valence-corrected chi connectivity index (χ3v) is 5.34. The van der Waals surface area contributed by atoms with Gasteiger partial charge in [-0.2, -0.15) is 0 Å². The second-order valence-electron chi connectivity index (χ2n) is 6.20. The Hall–Kier alpha value is -0.870. The molecule has 20 heavy (non-hydrogen) atoms. The average Bonchev–Trinajstić information content (AvgIpc) is 2.39. The van der Waals surface area contributed by atoms with Crippen LogP contribution in [0.5, 0.6) is 0 Å². The Morgan fingerprint density at radius 1 is 1.10 bits per heavy atom. The molecule has 4 heteroatoms. The number of benzene rings is 1. The SMILES string of the molecule is CC(C)Cc1ccc(S(=O)(=O)NC2CCCCC2)cc1. The van der Waals surface area contributed by atoms with Gasteiger partial charge in [0.2, 0.25) is 10.0 Å². The Bertz CT molecular complexity index is 514. The largest absolute Gasteiger partial charge is 0.240 e. The van der Waals surface area contributed by atoms with Crippen LogP contribution in [0.2, 0.25) is 0 Å². The van der Waals surface area contributed by atoms with E-state index in [0.29, 0.717) is 10.8 Å². The number of hydrogen-bond acceptors (Lipinski definition) is 2. The van der Waals surface area contributed by atoms with Crippen LogP contribution in [0, 0.1) is 5.92 Å². The zero-order chi connectivity index (χ0) is 14.6. The smallest absolute Gasteiger partial charge is 0.208 e. The summed E-state index contributed by atoms with van der Waals surface area (Å²) in [4.78, 5) is 0.385. The number of sulfonamides is 1. The first-order valence-corrected chi connectivity index (χ1v) is 9.07. The van der Waals surface area contributed by atoms with Crippen LogP contribution >= 0.6 is 0 Å². The third kappa shape index (κ3) is 4.32. The predicted molar refractivity (Wildman–Crippen MR) is 82.2 cm³/mol. The van der Waals surface area contributed by atoms with E-state index in [-0.39, 0.29) is 6.04 Å². The van der Waals surface area contributed by atoms with Gasteiger partial charge in [0.15, 0.2) is 0 Å². The van der Waals surface area contributed by atoms with Gasteiger partial charge in [-0.25, -0.2) is 13.1 Å². The molecule has 0 aliphatic heterocycles. The summed E-state index contributed by atoms with van der Waals surface area (Å²) in [5.41, 5.74) is 1.19. The first-order valence-electron chi connectivity index (χ1n) is 7.58. The van der Waals surface area contributed by atoms with Crippen molar-refractivity contribution in [3.05, 3.63) is 29.8 Å². The molecule has 0 heterocycles. The van der Waals surface area contributed by atoms with E-state index in [4.69, 9.17) is 0 Å². The van der Waals surface area contributed by atoms with Crippen molar-refractivity contribution in [1.82, 2.24) is 4.72 Å². The molecule has 1 aliphatic carbocycles. The lowest BCUT2D eigenvalue weighted by Gasteiger charge is -2.22. The van der Waals surface area contributed by atoms with Crippen LogP contribution < -0.4 is 4.72 Å². The molecule has 1 N–H and O–H groups in total. The Morgan fingerprint density at radius 3 is 2.25 bits per heavy atom. The molecule has 2 rings (SSSR count). The second kappa shape index (κ2) is 6.72. The number of nitrogens with one attached hydrogen (secondary N) is 1. The molecule has 0 saturated heterocycles. The van der Waals surface area contributed by atoms with Crippen LogP contribution in [0.1, 0.15) is 51.5 Å². The maximum Gasteiger partial charge on any atom is 0.240 e. The van der Waals surface area contributed by atoms with E-state index >= 15 is 0 Å². The third-order valence-electron chi connectivity index (χ3n) is 3.80. The van der Waals surface area contributed by atoms with Gasteiger partial charge in [-0.05, 0) is 42.9 Å². The number of hydrogen-bond donors (Lipinski definition) is 1. The highest BCUT2D eigenvalue weighted by atomic mass is 32.2. The van der Waals surface area contributed by atoms with Crippen molar-refractivity contribution in [3.63, 3.8) is 0 Å². The minimum atomic E-state index is -3.36. The van der Waals surface area contributed by atoms with Crippen molar-refractivity contribution in [2.24, 2.45) is 5.92 Å². The monoisotopic (exact) mass is 295 g/mol. The van der Waals surface area contributed by atoms with Crippen LogP contribution in [0.25, 0.3) is 0 Å².